The van der Waals surface area contributed by atoms with Gasteiger partial charge >= 0.3 is 11.9 Å². The Balaban J connectivity index is 1.15. The SMILES string of the molecule is CC[C@@]1(OC(=O)CN=C(CCOC2CC(C)(C)N([O])C(C)(C)C2)NS(=O)(=O)c2ccc(OC)cc2)C(=O)OCc2c1cc1n(c2=O)Cc2cc3ccccc3nc2-1. The normalized spacial score (nSPS) is 20.3. The molecule has 0 saturated carbocycles. The summed E-state index contributed by atoms with van der Waals surface area (Å²) < 4.78 is 53.8. The highest BCUT2D eigenvalue weighted by Gasteiger charge is 2.51. The van der Waals surface area contributed by atoms with Crippen LogP contribution in [0.4, 0.5) is 0 Å². The maximum atomic E-state index is 13.9. The molecule has 0 amide bonds. The number of fused-ring (bicyclic) bond motifs is 5. The zero-order valence-corrected chi connectivity index (χ0v) is 33.6. The first-order chi connectivity index (χ1) is 27.0. The number of aromatic nitrogens is 2. The number of carbonyl (C=O) groups is 2. The number of hydroxylamine groups is 2. The van der Waals surface area contributed by atoms with Crippen LogP contribution in [0.5, 0.6) is 5.75 Å². The van der Waals surface area contributed by atoms with Gasteiger partial charge in [0.05, 0.1) is 53.7 Å². The monoisotopic (exact) mass is 800 g/mol. The maximum Gasteiger partial charge on any atom is 0.355 e. The number of ether oxygens (including phenoxy) is 4. The average molecular weight is 801 g/mol. The van der Waals surface area contributed by atoms with Gasteiger partial charge in [-0.05, 0) is 89.4 Å². The van der Waals surface area contributed by atoms with Crippen LogP contribution in [-0.4, -0.2) is 78.2 Å². The standard InChI is InChI=1S/C41H46N5O10S/c1-7-41(31-19-33-36-26(18-25-10-8-9-11-32(25)43-36)23-45(33)37(48)30(31)24-55-38(41)49)56-35(47)22-42-34(44-57(51,52)29-14-12-27(53-6)13-15-29)16-17-54-28-20-39(2,3)46(50)40(4,5)21-28/h8-15,18-19,28H,7,16-17,20-24H2,1-6H3,(H,42,44)/t41-/m0/s1. The molecule has 0 unspecified atom stereocenters. The largest absolute Gasteiger partial charge is 0.497 e. The Hall–Kier alpha value is -5.16. The molecule has 3 aliphatic rings. The molecule has 1 radical (unpaired) electrons. The fourth-order valence-electron chi connectivity index (χ4n) is 8.21. The highest BCUT2D eigenvalue weighted by molar-refractivity contribution is 7.90. The third-order valence-electron chi connectivity index (χ3n) is 10.9. The van der Waals surface area contributed by atoms with Gasteiger partial charge in [-0.3, -0.25) is 14.5 Å². The Morgan fingerprint density at radius 3 is 2.42 bits per heavy atom. The molecule has 16 heteroatoms. The van der Waals surface area contributed by atoms with E-state index >= 15 is 0 Å². The van der Waals surface area contributed by atoms with E-state index in [-0.39, 0.29) is 66.1 Å². The van der Waals surface area contributed by atoms with Gasteiger partial charge in [0.15, 0.2) is 0 Å². The Morgan fingerprint density at radius 2 is 1.74 bits per heavy atom. The van der Waals surface area contributed by atoms with Gasteiger partial charge in [-0.25, -0.2) is 23.0 Å². The molecule has 3 aliphatic heterocycles. The van der Waals surface area contributed by atoms with E-state index in [1.165, 1.54) is 31.4 Å². The van der Waals surface area contributed by atoms with E-state index in [0.717, 1.165) is 21.5 Å². The fraction of sp³-hybridized carbons (Fsp3) is 0.439. The summed E-state index contributed by atoms with van der Waals surface area (Å²) in [6, 6.07) is 17.0. The number of methoxy groups -OCH3 is 1. The van der Waals surface area contributed by atoms with E-state index in [9.17, 15) is 28.0 Å². The van der Waals surface area contributed by atoms with Crippen LogP contribution in [0.1, 0.15) is 77.0 Å². The van der Waals surface area contributed by atoms with Crippen LogP contribution in [0.3, 0.4) is 0 Å². The van der Waals surface area contributed by atoms with Crippen molar-refractivity contribution in [2.45, 2.75) is 101 Å². The lowest BCUT2D eigenvalue weighted by Crippen LogP contribution is -2.59. The predicted molar refractivity (Wildman–Crippen MR) is 208 cm³/mol. The highest BCUT2D eigenvalue weighted by Crippen LogP contribution is 2.41. The molecule has 15 nitrogen and oxygen atoms in total. The topological polar surface area (TPSA) is 188 Å². The number of aliphatic imine (C=N–C) groups is 1. The lowest BCUT2D eigenvalue weighted by atomic mass is 9.80. The molecule has 2 aromatic heterocycles. The number of pyridine rings is 2. The van der Waals surface area contributed by atoms with Crippen molar-refractivity contribution in [1.82, 2.24) is 19.3 Å². The first kappa shape index (κ1) is 40.1. The number of carbonyl (C=O) groups excluding carboxylic acids is 2. The molecule has 4 aromatic rings. The number of para-hydroxylation sites is 1. The first-order valence-electron chi connectivity index (χ1n) is 18.8. The van der Waals surface area contributed by atoms with Gasteiger partial charge < -0.3 is 23.5 Å². The maximum absolute atomic E-state index is 13.9. The van der Waals surface area contributed by atoms with Crippen LogP contribution < -0.4 is 15.0 Å². The second kappa shape index (κ2) is 15.0. The van der Waals surface area contributed by atoms with Gasteiger partial charge in [0, 0.05) is 34.0 Å². The molecule has 0 spiro atoms. The lowest BCUT2D eigenvalue weighted by Gasteiger charge is -2.49. The number of nitrogens with zero attached hydrogens (tertiary/aromatic N) is 4. The van der Waals surface area contributed by atoms with Crippen molar-refractivity contribution in [3.05, 3.63) is 87.7 Å². The molecule has 2 aromatic carbocycles. The quantitative estimate of drug-likeness (QED) is 0.110. The summed E-state index contributed by atoms with van der Waals surface area (Å²) in [5.41, 5.74) is -0.666. The molecule has 0 aliphatic carbocycles. The second-order valence-corrected chi connectivity index (χ2v) is 17.5. The Bertz CT molecular complexity index is 2430. The predicted octanol–water partition coefficient (Wildman–Crippen LogP) is 4.79. The van der Waals surface area contributed by atoms with Gasteiger partial charge in [0.1, 0.15) is 24.7 Å². The Morgan fingerprint density at radius 1 is 1.04 bits per heavy atom. The summed E-state index contributed by atoms with van der Waals surface area (Å²) in [6.45, 7) is 8.37. The summed E-state index contributed by atoms with van der Waals surface area (Å²) in [5, 5.41) is 14.9. The van der Waals surface area contributed by atoms with Gasteiger partial charge in [0.25, 0.3) is 15.6 Å². The van der Waals surface area contributed by atoms with Crippen LogP contribution in [0, 0.1) is 0 Å². The van der Waals surface area contributed by atoms with Gasteiger partial charge in [0.2, 0.25) is 5.60 Å². The number of nitrogens with one attached hydrogen (secondary N) is 1. The van der Waals surface area contributed by atoms with Gasteiger partial charge in [-0.1, -0.05) is 25.1 Å². The average Bonchev–Trinajstić information content (AvgIpc) is 3.53. The van der Waals surface area contributed by atoms with Gasteiger partial charge in [-0.2, -0.15) is 0 Å². The molecule has 301 valence electrons. The third-order valence-corrected chi connectivity index (χ3v) is 12.3. The third kappa shape index (κ3) is 7.54. The number of piperidine rings is 1. The first-order valence-corrected chi connectivity index (χ1v) is 20.3. The van der Waals surface area contributed by atoms with Gasteiger partial charge in [-0.15, -0.1) is 10.3 Å². The van der Waals surface area contributed by atoms with Crippen molar-refractivity contribution in [3.63, 3.8) is 0 Å². The summed E-state index contributed by atoms with van der Waals surface area (Å²) in [5.74, 6) is -1.43. The lowest BCUT2D eigenvalue weighted by molar-refractivity contribution is -0.301. The van der Waals surface area contributed by atoms with Crippen molar-refractivity contribution < 1.29 is 42.2 Å². The van der Waals surface area contributed by atoms with Crippen LogP contribution >= 0.6 is 0 Å². The number of esters is 2. The van der Waals surface area contributed by atoms with E-state index in [0.29, 0.717) is 30.0 Å². The van der Waals surface area contributed by atoms with Crippen molar-refractivity contribution >= 4 is 38.7 Å². The van der Waals surface area contributed by atoms with Crippen molar-refractivity contribution in [2.24, 2.45) is 4.99 Å². The molecule has 1 N–H and O–H groups in total. The Labute approximate surface area is 330 Å². The molecule has 0 bridgehead atoms. The number of hydrogen-bond donors (Lipinski definition) is 1. The minimum atomic E-state index is -4.18. The van der Waals surface area contributed by atoms with Crippen molar-refractivity contribution in [2.75, 3.05) is 20.3 Å². The van der Waals surface area contributed by atoms with E-state index in [1.54, 1.807) is 17.6 Å². The smallest absolute Gasteiger partial charge is 0.355 e. The molecule has 7 rings (SSSR count). The molecular formula is C41H46N5O10S. The zero-order valence-electron chi connectivity index (χ0n) is 32.8. The molecule has 1 atom stereocenters. The fourth-order valence-corrected chi connectivity index (χ4v) is 9.30. The van der Waals surface area contributed by atoms with E-state index in [4.69, 9.17) is 23.9 Å². The molecule has 1 fully saturated rings. The van der Waals surface area contributed by atoms with E-state index < -0.39 is 45.2 Å². The number of sulfonamides is 1. The second-order valence-electron chi connectivity index (χ2n) is 15.8. The number of cyclic esters (lactones) is 1. The molecule has 1 saturated heterocycles. The summed E-state index contributed by atoms with van der Waals surface area (Å²) in [4.78, 5) is 50.4. The molecular weight excluding hydrogens is 755 g/mol. The number of amidine groups is 1. The number of benzene rings is 2. The molecule has 5 heterocycles. The summed E-state index contributed by atoms with van der Waals surface area (Å²) >= 11 is 0. The van der Waals surface area contributed by atoms with E-state index in [2.05, 4.69) is 9.71 Å². The molecule has 57 heavy (non-hydrogen) atoms. The Kier molecular flexibility index (Phi) is 10.5. The number of rotatable bonds is 11. The van der Waals surface area contributed by atoms with E-state index in [1.807, 2.05) is 58.0 Å². The summed E-state index contributed by atoms with van der Waals surface area (Å²) in [6.07, 6.45) is 0.512. The highest BCUT2D eigenvalue weighted by atomic mass is 32.2. The van der Waals surface area contributed by atoms with Crippen LogP contribution in [0.25, 0.3) is 22.3 Å². The van der Waals surface area contributed by atoms with Crippen LogP contribution in [0.2, 0.25) is 0 Å². The van der Waals surface area contributed by atoms with Crippen LogP contribution in [-0.2, 0) is 57.8 Å². The minimum absolute atomic E-state index is 0.0210. The van der Waals surface area contributed by atoms with Crippen molar-refractivity contribution in [3.8, 4) is 17.1 Å². The minimum Gasteiger partial charge on any atom is -0.497 e. The zero-order chi connectivity index (χ0) is 40.9. The summed E-state index contributed by atoms with van der Waals surface area (Å²) in [7, 11) is -2.72. The van der Waals surface area contributed by atoms with Crippen LogP contribution in [0.15, 0.2) is 75.3 Å². The van der Waals surface area contributed by atoms with Crippen molar-refractivity contribution in [1.29, 1.82) is 0 Å². The number of hydrogen-bond acceptors (Lipinski definition) is 12.